The summed E-state index contributed by atoms with van der Waals surface area (Å²) in [7, 11) is 0. The van der Waals surface area contributed by atoms with E-state index in [4.69, 9.17) is 9.66 Å². The minimum absolute atomic E-state index is 0.0387. The van der Waals surface area contributed by atoms with Gasteiger partial charge in [0.1, 0.15) is 0 Å². The Balaban J connectivity index is 3.88. The zero-order chi connectivity index (χ0) is 14.5. The largest absolute Gasteiger partial charge is 0.481 e. The molecule has 1 unspecified atom stereocenters. The van der Waals surface area contributed by atoms with Crippen LogP contribution in [0.25, 0.3) is 0 Å². The normalized spacial score (nSPS) is 13.3. The highest BCUT2D eigenvalue weighted by Crippen LogP contribution is 2.06. The van der Waals surface area contributed by atoms with Gasteiger partial charge in [-0.1, -0.05) is 39.0 Å². The Bertz CT molecular complexity index is 306. The van der Waals surface area contributed by atoms with Crippen molar-refractivity contribution in [1.29, 1.82) is 0 Å². The van der Waals surface area contributed by atoms with Gasteiger partial charge in [-0.15, -0.1) is 0 Å². The van der Waals surface area contributed by atoms with Crippen LogP contribution in [0.1, 0.15) is 58.3 Å². The van der Waals surface area contributed by atoms with Crippen molar-refractivity contribution in [1.82, 2.24) is 0 Å². The summed E-state index contributed by atoms with van der Waals surface area (Å²) < 4.78 is 23.7. The van der Waals surface area contributed by atoms with Gasteiger partial charge in [0.2, 0.25) is 5.90 Å². The van der Waals surface area contributed by atoms with Crippen molar-refractivity contribution in [3.63, 3.8) is 0 Å². The van der Waals surface area contributed by atoms with E-state index in [1.54, 1.807) is 0 Å². The van der Waals surface area contributed by atoms with E-state index in [0.717, 1.165) is 19.3 Å². The summed E-state index contributed by atoms with van der Waals surface area (Å²) in [5, 5.41) is 8.54. The van der Waals surface area contributed by atoms with Crippen LogP contribution >= 0.6 is 0 Å². The second-order valence-electron chi connectivity index (χ2n) is 4.24. The van der Waals surface area contributed by atoms with Gasteiger partial charge >= 0.3 is 17.3 Å². The second kappa shape index (κ2) is 12.1. The quantitative estimate of drug-likeness (QED) is 0.264. The first kappa shape index (κ1) is 18.0. The van der Waals surface area contributed by atoms with Crippen molar-refractivity contribution in [2.75, 3.05) is 6.54 Å². The van der Waals surface area contributed by atoms with Gasteiger partial charge < -0.3 is 9.29 Å². The van der Waals surface area contributed by atoms with Crippen LogP contribution in [-0.4, -0.2) is 32.3 Å². The lowest BCUT2D eigenvalue weighted by atomic mass is 10.1. The van der Waals surface area contributed by atoms with Crippen LogP contribution in [0.4, 0.5) is 0 Å². The maximum atomic E-state index is 10.5. The molecule has 0 bridgehead atoms. The molecule has 19 heavy (non-hydrogen) atoms. The van der Waals surface area contributed by atoms with E-state index in [2.05, 4.69) is 16.1 Å². The fourth-order valence-electron chi connectivity index (χ4n) is 1.54. The summed E-state index contributed by atoms with van der Waals surface area (Å²) in [4.78, 5) is 14.4. The zero-order valence-corrected chi connectivity index (χ0v) is 12.2. The molecule has 6 nitrogen and oxygen atoms in total. The molecule has 0 aromatic rings. The number of aliphatic imine (C=N–C) groups is 1. The molecule has 2 N–H and O–H groups in total. The van der Waals surface area contributed by atoms with Crippen molar-refractivity contribution in [3.05, 3.63) is 0 Å². The molecular weight excluding hydrogens is 270 g/mol. The monoisotopic (exact) mass is 293 g/mol. The topological polar surface area (TPSA) is 96.2 Å². The van der Waals surface area contributed by atoms with Crippen LogP contribution in [0.5, 0.6) is 0 Å². The summed E-state index contributed by atoms with van der Waals surface area (Å²) in [6, 6.07) is 0. The fourth-order valence-corrected chi connectivity index (χ4v) is 1.84. The van der Waals surface area contributed by atoms with Gasteiger partial charge in [0.25, 0.3) is 0 Å². The van der Waals surface area contributed by atoms with Crippen LogP contribution in [0, 0.1) is 0 Å². The molecule has 0 spiro atoms. The summed E-state index contributed by atoms with van der Waals surface area (Å²) in [5.74, 6) is -0.948. The fraction of sp³-hybridized carbons (Fsp3) is 0.833. The number of hydrogen-bond donors (Lipinski definition) is 2. The van der Waals surface area contributed by atoms with Crippen LogP contribution in [0.3, 0.4) is 0 Å². The highest BCUT2D eigenvalue weighted by Gasteiger charge is 2.07. The molecule has 0 rings (SSSR count). The Morgan fingerprint density at radius 3 is 2.37 bits per heavy atom. The van der Waals surface area contributed by atoms with Crippen LogP contribution < -0.4 is 0 Å². The van der Waals surface area contributed by atoms with Crippen molar-refractivity contribution in [3.8, 4) is 0 Å². The summed E-state index contributed by atoms with van der Waals surface area (Å²) >= 11 is -2.45. The lowest BCUT2D eigenvalue weighted by Gasteiger charge is -2.04. The standard InChI is InChI=1S/C12H23NO5S/c1-2-3-4-5-6-7-10-13-11(18-19(16)17)8-9-12(14)15/h2-10H2,1H3,(H,14,15)(H,16,17). The van der Waals surface area contributed by atoms with Gasteiger partial charge in [0.15, 0.2) is 0 Å². The first-order chi connectivity index (χ1) is 9.06. The number of carbonyl (C=O) groups is 1. The Hall–Kier alpha value is -0.950. The number of nitrogens with zero attached hydrogens (tertiary/aromatic N) is 1. The Morgan fingerprint density at radius 2 is 1.79 bits per heavy atom. The maximum Gasteiger partial charge on any atom is 0.358 e. The molecule has 0 amide bonds. The smallest absolute Gasteiger partial charge is 0.358 e. The first-order valence-corrected chi connectivity index (χ1v) is 7.63. The third-order valence-corrected chi connectivity index (χ3v) is 2.86. The molecule has 7 heteroatoms. The highest BCUT2D eigenvalue weighted by molar-refractivity contribution is 7.74. The van der Waals surface area contributed by atoms with Crippen LogP contribution in [0.2, 0.25) is 0 Å². The van der Waals surface area contributed by atoms with E-state index in [1.807, 2.05) is 0 Å². The van der Waals surface area contributed by atoms with E-state index in [1.165, 1.54) is 19.3 Å². The molecule has 0 saturated heterocycles. The van der Waals surface area contributed by atoms with E-state index >= 15 is 0 Å². The average Bonchev–Trinajstić information content (AvgIpc) is 2.33. The highest BCUT2D eigenvalue weighted by atomic mass is 32.2. The van der Waals surface area contributed by atoms with Crippen molar-refractivity contribution in [2.24, 2.45) is 4.99 Å². The molecule has 0 heterocycles. The van der Waals surface area contributed by atoms with Crippen molar-refractivity contribution < 1.29 is 22.8 Å². The van der Waals surface area contributed by atoms with Gasteiger partial charge in [-0.25, -0.2) is 0 Å². The summed E-state index contributed by atoms with van der Waals surface area (Å²) in [6.07, 6.45) is 6.61. The van der Waals surface area contributed by atoms with Gasteiger partial charge in [-0.3, -0.25) is 14.3 Å². The number of carboxylic acid groups (broad SMARTS) is 1. The minimum Gasteiger partial charge on any atom is -0.481 e. The predicted octanol–water partition coefficient (Wildman–Crippen LogP) is 2.76. The Morgan fingerprint density at radius 1 is 1.16 bits per heavy atom. The molecule has 0 fully saturated rings. The molecule has 0 aromatic heterocycles. The SMILES string of the molecule is CCCCCCCCN=C(CCC(=O)O)OS(=O)O. The molecule has 0 aromatic carbocycles. The van der Waals surface area contributed by atoms with Gasteiger partial charge in [0.05, 0.1) is 6.42 Å². The number of carboxylic acids is 1. The molecule has 0 aliphatic heterocycles. The third-order valence-electron chi connectivity index (χ3n) is 2.52. The summed E-state index contributed by atoms with van der Waals surface area (Å²) in [6.45, 7) is 2.66. The van der Waals surface area contributed by atoms with Crippen LogP contribution in [0.15, 0.2) is 4.99 Å². The van der Waals surface area contributed by atoms with E-state index in [9.17, 15) is 9.00 Å². The van der Waals surface area contributed by atoms with E-state index in [-0.39, 0.29) is 18.7 Å². The Labute approximate surface area is 116 Å². The molecule has 0 saturated carbocycles. The van der Waals surface area contributed by atoms with E-state index < -0.39 is 17.3 Å². The molecule has 0 aliphatic carbocycles. The van der Waals surface area contributed by atoms with E-state index in [0.29, 0.717) is 6.54 Å². The third kappa shape index (κ3) is 13.3. The van der Waals surface area contributed by atoms with Gasteiger partial charge in [-0.2, -0.15) is 4.21 Å². The lowest BCUT2D eigenvalue weighted by molar-refractivity contribution is -0.136. The van der Waals surface area contributed by atoms with Gasteiger partial charge in [0, 0.05) is 13.0 Å². The molecular formula is C12H23NO5S. The maximum absolute atomic E-state index is 10.5. The Kier molecular flexibility index (Phi) is 11.5. The number of rotatable bonds is 11. The molecule has 0 radical (unpaired) electrons. The molecule has 1 atom stereocenters. The van der Waals surface area contributed by atoms with Crippen LogP contribution in [-0.2, 0) is 20.3 Å². The predicted molar refractivity (Wildman–Crippen MR) is 74.4 cm³/mol. The number of aliphatic carboxylic acids is 1. The lowest BCUT2D eigenvalue weighted by Crippen LogP contribution is -2.10. The number of hydrogen-bond acceptors (Lipinski definition) is 4. The molecule has 112 valence electrons. The second-order valence-corrected chi connectivity index (χ2v) is 4.84. The zero-order valence-electron chi connectivity index (χ0n) is 11.3. The van der Waals surface area contributed by atoms with Gasteiger partial charge in [-0.05, 0) is 6.42 Å². The molecule has 0 aliphatic rings. The average molecular weight is 293 g/mol. The van der Waals surface area contributed by atoms with Crippen molar-refractivity contribution in [2.45, 2.75) is 58.3 Å². The summed E-state index contributed by atoms with van der Waals surface area (Å²) in [5.41, 5.74) is 0. The first-order valence-electron chi connectivity index (χ1n) is 6.60. The minimum atomic E-state index is -2.45. The van der Waals surface area contributed by atoms with Crippen molar-refractivity contribution >= 4 is 23.2 Å². The number of unbranched alkanes of at least 4 members (excludes halogenated alkanes) is 5.